The Kier molecular flexibility index (Phi) is 8.93. The predicted octanol–water partition coefficient (Wildman–Crippen LogP) is 5.25. The van der Waals surface area contributed by atoms with Crippen LogP contribution in [-0.4, -0.2) is 45.4 Å². The third kappa shape index (κ3) is 6.08. The highest BCUT2D eigenvalue weighted by Gasteiger charge is 2.14. The Bertz CT molecular complexity index is 1210. The van der Waals surface area contributed by atoms with E-state index in [1.807, 2.05) is 41.8 Å². The molecule has 3 aromatic rings. The second kappa shape index (κ2) is 12.1. The second-order valence-electron chi connectivity index (χ2n) is 7.77. The molecule has 1 aromatic heterocycles. The van der Waals surface area contributed by atoms with Crippen molar-refractivity contribution in [1.82, 2.24) is 4.68 Å². The first-order chi connectivity index (χ1) is 16.5. The molecule has 3 rings (SSSR count). The molecular weight excluding hydrogens is 450 g/mol. The van der Waals surface area contributed by atoms with Crippen LogP contribution in [0.1, 0.15) is 19.4 Å². The summed E-state index contributed by atoms with van der Waals surface area (Å²) in [4.78, 5) is 5.34. The summed E-state index contributed by atoms with van der Waals surface area (Å²) >= 11 is 1.49. The molecule has 0 saturated carbocycles. The van der Waals surface area contributed by atoms with E-state index in [4.69, 9.17) is 24.0 Å². The first-order valence-corrected chi connectivity index (χ1v) is 11.8. The maximum absolute atomic E-state index is 5.86. The lowest BCUT2D eigenvalue weighted by Gasteiger charge is -2.13. The molecule has 0 aliphatic rings. The fourth-order valence-corrected chi connectivity index (χ4v) is 3.96. The summed E-state index contributed by atoms with van der Waals surface area (Å²) in [5.41, 5.74) is 2.56. The van der Waals surface area contributed by atoms with Crippen molar-refractivity contribution in [3.63, 3.8) is 0 Å². The van der Waals surface area contributed by atoms with Crippen LogP contribution in [0.25, 0.3) is 11.3 Å². The van der Waals surface area contributed by atoms with Crippen LogP contribution in [0.5, 0.6) is 23.0 Å². The van der Waals surface area contributed by atoms with Gasteiger partial charge in [0, 0.05) is 10.9 Å². The molecule has 0 fully saturated rings. The molecule has 0 radical (unpaired) electrons. The summed E-state index contributed by atoms with van der Waals surface area (Å²) in [7, 11) is 4.91. The van der Waals surface area contributed by atoms with Gasteiger partial charge in [0.15, 0.2) is 11.5 Å². The largest absolute Gasteiger partial charge is 0.497 e. The SMILES string of the molecule is C=CCN=c1scc(-c2cc(OC)ccc2OC)n1N=Cc1ccc(OCC(C)C)c(OC)c1. The molecule has 1 heterocycles. The van der Waals surface area contributed by atoms with Crippen molar-refractivity contribution in [3.8, 4) is 34.3 Å². The number of rotatable bonds is 11. The Morgan fingerprint density at radius 3 is 2.44 bits per heavy atom. The molecule has 0 aliphatic heterocycles. The lowest BCUT2D eigenvalue weighted by atomic mass is 10.1. The van der Waals surface area contributed by atoms with E-state index >= 15 is 0 Å². The molecule has 2 aromatic carbocycles. The van der Waals surface area contributed by atoms with Gasteiger partial charge in [-0.2, -0.15) is 5.10 Å². The van der Waals surface area contributed by atoms with Gasteiger partial charge in [0.05, 0.1) is 46.4 Å². The van der Waals surface area contributed by atoms with Gasteiger partial charge in [-0.15, -0.1) is 17.9 Å². The minimum atomic E-state index is 0.422. The van der Waals surface area contributed by atoms with E-state index in [-0.39, 0.29) is 0 Å². The van der Waals surface area contributed by atoms with Crippen LogP contribution in [0.2, 0.25) is 0 Å². The molecule has 0 bridgehead atoms. The monoisotopic (exact) mass is 481 g/mol. The summed E-state index contributed by atoms with van der Waals surface area (Å²) in [6, 6.07) is 11.4. The van der Waals surface area contributed by atoms with Crippen LogP contribution in [-0.2, 0) is 0 Å². The van der Waals surface area contributed by atoms with Crippen LogP contribution in [0, 0.1) is 5.92 Å². The molecule has 8 heteroatoms. The fourth-order valence-electron chi connectivity index (χ4n) is 3.13. The van der Waals surface area contributed by atoms with E-state index in [1.165, 1.54) is 11.3 Å². The summed E-state index contributed by atoms with van der Waals surface area (Å²) < 4.78 is 24.2. The van der Waals surface area contributed by atoms with Crippen LogP contribution in [0.3, 0.4) is 0 Å². The molecule has 0 N–H and O–H groups in total. The van der Waals surface area contributed by atoms with Gasteiger partial charge < -0.3 is 18.9 Å². The Labute approximate surface area is 204 Å². The topological polar surface area (TPSA) is 66.6 Å². The predicted molar refractivity (Wildman–Crippen MR) is 138 cm³/mol. The average Bonchev–Trinajstić information content (AvgIpc) is 3.26. The van der Waals surface area contributed by atoms with Crippen LogP contribution < -0.4 is 23.7 Å². The van der Waals surface area contributed by atoms with Crippen molar-refractivity contribution in [2.75, 3.05) is 34.5 Å². The minimum absolute atomic E-state index is 0.422. The maximum atomic E-state index is 5.86. The highest BCUT2D eigenvalue weighted by Crippen LogP contribution is 2.34. The van der Waals surface area contributed by atoms with Crippen molar-refractivity contribution in [2.24, 2.45) is 16.0 Å². The highest BCUT2D eigenvalue weighted by molar-refractivity contribution is 7.07. The number of ether oxygens (including phenoxy) is 4. The van der Waals surface area contributed by atoms with Crippen LogP contribution in [0.15, 0.2) is 64.5 Å². The van der Waals surface area contributed by atoms with Crippen molar-refractivity contribution in [3.05, 3.63) is 64.8 Å². The Hall–Kier alpha value is -3.52. The molecule has 7 nitrogen and oxygen atoms in total. The third-order valence-electron chi connectivity index (χ3n) is 4.81. The molecule has 180 valence electrons. The Morgan fingerprint density at radius 2 is 1.76 bits per heavy atom. The summed E-state index contributed by atoms with van der Waals surface area (Å²) in [5, 5.41) is 6.76. The highest BCUT2D eigenvalue weighted by atomic mass is 32.1. The lowest BCUT2D eigenvalue weighted by molar-refractivity contribution is 0.257. The third-order valence-corrected chi connectivity index (χ3v) is 5.66. The van der Waals surface area contributed by atoms with Gasteiger partial charge in [-0.3, -0.25) is 4.99 Å². The van der Waals surface area contributed by atoms with Crippen molar-refractivity contribution >= 4 is 17.6 Å². The number of nitrogens with zero attached hydrogens (tertiary/aromatic N) is 3. The number of thiazole rings is 1. The first kappa shape index (κ1) is 25.1. The number of benzene rings is 2. The normalized spacial score (nSPS) is 11.8. The Balaban J connectivity index is 2.04. The summed E-state index contributed by atoms with van der Waals surface area (Å²) in [5.74, 6) is 3.23. The van der Waals surface area contributed by atoms with Gasteiger partial charge in [0.25, 0.3) is 0 Å². The van der Waals surface area contributed by atoms with Gasteiger partial charge in [-0.1, -0.05) is 19.9 Å². The molecule has 0 aliphatic carbocycles. The molecule has 0 unspecified atom stereocenters. The molecule has 0 atom stereocenters. The minimum Gasteiger partial charge on any atom is -0.497 e. The summed E-state index contributed by atoms with van der Waals surface area (Å²) in [6.07, 6.45) is 3.52. The van der Waals surface area contributed by atoms with E-state index in [9.17, 15) is 0 Å². The van der Waals surface area contributed by atoms with E-state index in [1.54, 1.807) is 38.3 Å². The van der Waals surface area contributed by atoms with Crippen molar-refractivity contribution < 1.29 is 18.9 Å². The van der Waals surface area contributed by atoms with E-state index < -0.39 is 0 Å². The molecule has 0 amide bonds. The van der Waals surface area contributed by atoms with Gasteiger partial charge in [-0.05, 0) is 47.9 Å². The van der Waals surface area contributed by atoms with Gasteiger partial charge >= 0.3 is 0 Å². The number of hydrogen-bond donors (Lipinski definition) is 0. The summed E-state index contributed by atoms with van der Waals surface area (Å²) in [6.45, 7) is 9.09. The molecule has 0 spiro atoms. The average molecular weight is 482 g/mol. The van der Waals surface area contributed by atoms with E-state index in [0.29, 0.717) is 36.3 Å². The first-order valence-electron chi connectivity index (χ1n) is 10.9. The van der Waals surface area contributed by atoms with Gasteiger partial charge in [-0.25, -0.2) is 4.68 Å². The van der Waals surface area contributed by atoms with Crippen molar-refractivity contribution in [1.29, 1.82) is 0 Å². The van der Waals surface area contributed by atoms with E-state index in [2.05, 4.69) is 25.4 Å². The quantitative estimate of drug-likeness (QED) is 0.277. The van der Waals surface area contributed by atoms with E-state index in [0.717, 1.165) is 27.4 Å². The fraction of sp³-hybridized carbons (Fsp3) is 0.308. The molecular formula is C26H31N3O4S. The van der Waals surface area contributed by atoms with Crippen LogP contribution >= 0.6 is 11.3 Å². The zero-order chi connectivity index (χ0) is 24.5. The van der Waals surface area contributed by atoms with Crippen molar-refractivity contribution in [2.45, 2.75) is 13.8 Å². The standard InChI is InChI=1S/C26H31N3O4S/c1-7-12-27-26-29(22(17-34-26)21-14-20(30-4)9-11-23(21)31-5)28-15-19-8-10-24(25(13-19)32-6)33-16-18(2)3/h7-11,13-15,17-18H,1,12,16H2,2-6H3. The zero-order valence-electron chi connectivity index (χ0n) is 20.3. The molecule has 0 saturated heterocycles. The number of methoxy groups -OCH3 is 3. The number of hydrogen-bond acceptors (Lipinski definition) is 7. The Morgan fingerprint density at radius 1 is 1.00 bits per heavy atom. The van der Waals surface area contributed by atoms with Gasteiger partial charge in [0.1, 0.15) is 11.5 Å². The maximum Gasteiger partial charge on any atom is 0.206 e. The van der Waals surface area contributed by atoms with Gasteiger partial charge in [0.2, 0.25) is 4.80 Å². The molecule has 34 heavy (non-hydrogen) atoms. The lowest BCUT2D eigenvalue weighted by Crippen LogP contribution is -2.13. The second-order valence-corrected chi connectivity index (χ2v) is 8.61. The van der Waals surface area contributed by atoms with Crippen LogP contribution in [0.4, 0.5) is 0 Å². The zero-order valence-corrected chi connectivity index (χ0v) is 21.1. The number of aromatic nitrogens is 1. The smallest absolute Gasteiger partial charge is 0.206 e.